The summed E-state index contributed by atoms with van der Waals surface area (Å²) >= 11 is 0. The van der Waals surface area contributed by atoms with Gasteiger partial charge in [0.25, 0.3) is 0 Å². The van der Waals surface area contributed by atoms with Crippen molar-refractivity contribution in [3.05, 3.63) is 34.4 Å². The zero-order chi connectivity index (χ0) is 11.0. The summed E-state index contributed by atoms with van der Waals surface area (Å²) in [5, 5.41) is 19.4. The van der Waals surface area contributed by atoms with E-state index in [2.05, 4.69) is 13.0 Å². The molecule has 0 saturated heterocycles. The number of hydrogen-bond acceptors (Lipinski definition) is 2. The molecule has 1 aliphatic rings. The van der Waals surface area contributed by atoms with Gasteiger partial charge in [-0.3, -0.25) is 0 Å². The van der Waals surface area contributed by atoms with Crippen molar-refractivity contribution in [3.8, 4) is 0 Å². The number of aliphatic hydroxyl groups is 2. The largest absolute Gasteiger partial charge is 0.392 e. The maximum Gasteiger partial charge on any atom is 0.0799 e. The Morgan fingerprint density at radius 2 is 2.13 bits per heavy atom. The van der Waals surface area contributed by atoms with E-state index in [1.54, 1.807) is 0 Å². The molecule has 0 heterocycles. The third-order valence-corrected chi connectivity index (χ3v) is 3.37. The molecule has 2 N–H and O–H groups in total. The topological polar surface area (TPSA) is 40.5 Å². The molecule has 82 valence electrons. The first-order chi connectivity index (χ1) is 7.13. The maximum absolute atomic E-state index is 10.1. The highest BCUT2D eigenvalue weighted by molar-refractivity contribution is 5.43. The van der Waals surface area contributed by atoms with Crippen LogP contribution in [0.2, 0.25) is 0 Å². The summed E-state index contributed by atoms with van der Waals surface area (Å²) in [5.41, 5.74) is 4.18. The fraction of sp³-hybridized carbons (Fsp3) is 0.538. The quantitative estimate of drug-likeness (QED) is 0.738. The third-order valence-electron chi connectivity index (χ3n) is 3.37. The van der Waals surface area contributed by atoms with Crippen molar-refractivity contribution in [1.82, 2.24) is 0 Å². The zero-order valence-corrected chi connectivity index (χ0v) is 9.33. The van der Waals surface area contributed by atoms with Crippen LogP contribution in [0.3, 0.4) is 0 Å². The molecular weight excluding hydrogens is 188 g/mol. The van der Waals surface area contributed by atoms with E-state index in [-0.39, 0.29) is 6.61 Å². The highest BCUT2D eigenvalue weighted by Gasteiger charge is 2.25. The number of fused-ring (bicyclic) bond motifs is 1. The summed E-state index contributed by atoms with van der Waals surface area (Å²) < 4.78 is 0. The molecule has 2 rings (SSSR count). The minimum Gasteiger partial charge on any atom is -0.392 e. The Morgan fingerprint density at radius 3 is 2.80 bits per heavy atom. The Balaban J connectivity index is 2.54. The predicted octanol–water partition coefficient (Wildman–Crippen LogP) is 2.10. The maximum atomic E-state index is 10.1. The zero-order valence-electron chi connectivity index (χ0n) is 9.33. The van der Waals surface area contributed by atoms with Crippen molar-refractivity contribution in [1.29, 1.82) is 0 Å². The Labute approximate surface area is 90.6 Å². The summed E-state index contributed by atoms with van der Waals surface area (Å²) in [6.45, 7) is 4.17. The minimum absolute atomic E-state index is 0.0282. The lowest BCUT2D eigenvalue weighted by Crippen LogP contribution is -2.19. The molecule has 0 aromatic heterocycles. The number of aryl methyl sites for hydroxylation is 1. The van der Waals surface area contributed by atoms with Gasteiger partial charge in [0.2, 0.25) is 0 Å². The number of rotatable bonds is 1. The van der Waals surface area contributed by atoms with Gasteiger partial charge in [-0.25, -0.2) is 0 Å². The van der Waals surface area contributed by atoms with E-state index >= 15 is 0 Å². The van der Waals surface area contributed by atoms with Crippen LogP contribution in [-0.2, 0) is 13.0 Å². The van der Waals surface area contributed by atoms with Crippen molar-refractivity contribution < 1.29 is 10.2 Å². The molecule has 0 unspecified atom stereocenters. The Kier molecular flexibility index (Phi) is 2.81. The summed E-state index contributed by atoms with van der Waals surface area (Å²) in [6, 6.07) is 4.12. The first-order valence-electron chi connectivity index (χ1n) is 5.53. The average molecular weight is 206 g/mol. The molecule has 0 saturated carbocycles. The van der Waals surface area contributed by atoms with Crippen LogP contribution in [0.25, 0.3) is 0 Å². The summed E-state index contributed by atoms with van der Waals surface area (Å²) in [4.78, 5) is 0. The van der Waals surface area contributed by atoms with E-state index in [0.717, 1.165) is 29.5 Å². The Bertz CT molecular complexity index is 371. The van der Waals surface area contributed by atoms with Crippen LogP contribution in [-0.4, -0.2) is 10.2 Å². The van der Waals surface area contributed by atoms with Gasteiger partial charge in [-0.05, 0) is 47.9 Å². The van der Waals surface area contributed by atoms with Crippen molar-refractivity contribution in [2.75, 3.05) is 0 Å². The van der Waals surface area contributed by atoms with E-state index in [4.69, 9.17) is 0 Å². The highest BCUT2D eigenvalue weighted by Crippen LogP contribution is 2.36. The molecule has 1 aromatic rings. The number of hydrogen-bond donors (Lipinski definition) is 2. The monoisotopic (exact) mass is 206 g/mol. The molecule has 0 fully saturated rings. The first-order valence-corrected chi connectivity index (χ1v) is 5.53. The van der Waals surface area contributed by atoms with Crippen LogP contribution in [0.1, 0.15) is 41.7 Å². The standard InChI is InChI=1S/C13H18O2/c1-8-5-10-4-3-9(2)11(7-14)13(10)12(15)6-8/h3-4,8,12,14-15H,5-7H2,1-2H3/t8-,12+/m1/s1. The molecule has 0 radical (unpaired) electrons. The Hall–Kier alpha value is -0.860. The van der Waals surface area contributed by atoms with Crippen LogP contribution in [0.5, 0.6) is 0 Å². The predicted molar refractivity (Wildman–Crippen MR) is 59.5 cm³/mol. The van der Waals surface area contributed by atoms with Gasteiger partial charge in [-0.2, -0.15) is 0 Å². The molecule has 15 heavy (non-hydrogen) atoms. The van der Waals surface area contributed by atoms with Crippen LogP contribution in [0, 0.1) is 12.8 Å². The lowest BCUT2D eigenvalue weighted by Gasteiger charge is -2.29. The van der Waals surface area contributed by atoms with Gasteiger partial charge in [-0.1, -0.05) is 19.1 Å². The van der Waals surface area contributed by atoms with E-state index in [1.807, 2.05) is 13.0 Å². The molecule has 2 nitrogen and oxygen atoms in total. The highest BCUT2D eigenvalue weighted by atomic mass is 16.3. The average Bonchev–Trinajstić information content (AvgIpc) is 2.18. The molecule has 1 aliphatic carbocycles. The van der Waals surface area contributed by atoms with E-state index < -0.39 is 6.10 Å². The van der Waals surface area contributed by atoms with Crippen LogP contribution < -0.4 is 0 Å². The second kappa shape index (κ2) is 3.95. The lowest BCUT2D eigenvalue weighted by molar-refractivity contribution is 0.132. The van der Waals surface area contributed by atoms with Gasteiger partial charge in [0.05, 0.1) is 12.7 Å². The van der Waals surface area contributed by atoms with Gasteiger partial charge < -0.3 is 10.2 Å². The molecule has 2 atom stereocenters. The fourth-order valence-corrected chi connectivity index (χ4v) is 2.58. The molecule has 0 bridgehead atoms. The first kappa shape index (κ1) is 10.7. The van der Waals surface area contributed by atoms with Crippen molar-refractivity contribution in [2.45, 2.75) is 39.4 Å². The van der Waals surface area contributed by atoms with E-state index in [0.29, 0.717) is 5.92 Å². The normalized spacial score (nSPS) is 25.1. The molecule has 2 heteroatoms. The number of aliphatic hydroxyl groups excluding tert-OH is 2. The van der Waals surface area contributed by atoms with Gasteiger partial charge in [0, 0.05) is 0 Å². The molecule has 0 amide bonds. The summed E-state index contributed by atoms with van der Waals surface area (Å²) in [7, 11) is 0. The van der Waals surface area contributed by atoms with Gasteiger partial charge >= 0.3 is 0 Å². The second-order valence-electron chi connectivity index (χ2n) is 4.65. The van der Waals surface area contributed by atoms with Crippen molar-refractivity contribution in [2.24, 2.45) is 5.92 Å². The minimum atomic E-state index is -0.397. The van der Waals surface area contributed by atoms with E-state index in [9.17, 15) is 10.2 Å². The molecule has 1 aromatic carbocycles. The SMILES string of the molecule is Cc1ccc2c(c1CO)[C@@H](O)C[C@H](C)C2. The summed E-state index contributed by atoms with van der Waals surface area (Å²) in [5.74, 6) is 0.529. The van der Waals surface area contributed by atoms with Crippen LogP contribution in [0.15, 0.2) is 12.1 Å². The summed E-state index contributed by atoms with van der Waals surface area (Å²) in [6.07, 6.45) is 1.43. The molecule has 0 aliphatic heterocycles. The molecule has 0 spiro atoms. The fourth-order valence-electron chi connectivity index (χ4n) is 2.58. The van der Waals surface area contributed by atoms with Crippen molar-refractivity contribution in [3.63, 3.8) is 0 Å². The van der Waals surface area contributed by atoms with Crippen LogP contribution in [0.4, 0.5) is 0 Å². The third kappa shape index (κ3) is 1.80. The van der Waals surface area contributed by atoms with Gasteiger partial charge in [0.1, 0.15) is 0 Å². The van der Waals surface area contributed by atoms with Gasteiger partial charge in [-0.15, -0.1) is 0 Å². The lowest BCUT2D eigenvalue weighted by atomic mass is 9.80. The van der Waals surface area contributed by atoms with Gasteiger partial charge in [0.15, 0.2) is 0 Å². The van der Waals surface area contributed by atoms with E-state index in [1.165, 1.54) is 5.56 Å². The molecular formula is C13H18O2. The Morgan fingerprint density at radius 1 is 1.40 bits per heavy atom. The van der Waals surface area contributed by atoms with Crippen molar-refractivity contribution >= 4 is 0 Å². The smallest absolute Gasteiger partial charge is 0.0799 e. The van der Waals surface area contributed by atoms with Crippen LogP contribution >= 0.6 is 0 Å². The number of benzene rings is 1. The second-order valence-corrected chi connectivity index (χ2v) is 4.65.